The maximum Gasteiger partial charge on any atom is 0.0512 e. The van der Waals surface area contributed by atoms with Crippen molar-refractivity contribution in [2.75, 3.05) is 4.90 Å². The molecule has 0 radical (unpaired) electrons. The number of benzene rings is 12. The summed E-state index contributed by atoms with van der Waals surface area (Å²) in [5, 5.41) is 7.49. The number of nitrogens with zero attached hydrogens (tertiary/aromatic N) is 1. The molecule has 12 aromatic rings. The van der Waals surface area contributed by atoms with Crippen LogP contribution in [0.3, 0.4) is 0 Å². The number of fused-ring (bicyclic) bond motifs is 7. The average Bonchev–Trinajstić information content (AvgIpc) is 3.70. The summed E-state index contributed by atoms with van der Waals surface area (Å²) in [6, 6.07) is 98.4. The van der Waals surface area contributed by atoms with Crippen molar-refractivity contribution in [1.82, 2.24) is 0 Å². The van der Waals surface area contributed by atoms with E-state index in [1.165, 1.54) is 105 Å². The summed E-state index contributed by atoms with van der Waals surface area (Å²) >= 11 is 0. The van der Waals surface area contributed by atoms with Gasteiger partial charge in [-0.25, -0.2) is 0 Å². The van der Waals surface area contributed by atoms with Crippen LogP contribution in [0.2, 0.25) is 0 Å². The molecule has 0 amide bonds. The highest BCUT2D eigenvalue weighted by Gasteiger charge is 2.43. The lowest BCUT2D eigenvalue weighted by Gasteiger charge is -2.35. The summed E-state index contributed by atoms with van der Waals surface area (Å²) in [5.74, 6) is 0. The van der Waals surface area contributed by atoms with E-state index in [-0.39, 0.29) is 0 Å². The van der Waals surface area contributed by atoms with Gasteiger partial charge in [0, 0.05) is 16.8 Å². The van der Waals surface area contributed by atoms with Crippen LogP contribution >= 0.6 is 0 Å². The Morgan fingerprint density at radius 1 is 0.304 bits per heavy atom. The van der Waals surface area contributed by atoms with Gasteiger partial charge in [-0.05, 0) is 148 Å². The molecule has 1 heteroatoms. The van der Waals surface area contributed by atoms with Crippen LogP contribution in [0.25, 0.3) is 88.0 Å². The molecule has 0 saturated carbocycles. The fourth-order valence-corrected chi connectivity index (χ4v) is 11.5. The Morgan fingerprint density at radius 2 is 0.841 bits per heavy atom. The summed E-state index contributed by atoms with van der Waals surface area (Å²) in [6.45, 7) is 2.42. The van der Waals surface area contributed by atoms with Gasteiger partial charge in [0.25, 0.3) is 0 Å². The van der Waals surface area contributed by atoms with E-state index in [1.807, 2.05) is 0 Å². The van der Waals surface area contributed by atoms with E-state index in [9.17, 15) is 0 Å². The first-order valence-corrected chi connectivity index (χ1v) is 24.0. The van der Waals surface area contributed by atoms with Gasteiger partial charge in [-0.15, -0.1) is 0 Å². The first-order valence-electron chi connectivity index (χ1n) is 24.0. The number of hydrogen-bond donors (Lipinski definition) is 0. The van der Waals surface area contributed by atoms with Gasteiger partial charge in [-0.1, -0.05) is 231 Å². The van der Waals surface area contributed by atoms with Crippen molar-refractivity contribution < 1.29 is 0 Å². The quantitative estimate of drug-likeness (QED) is 0.138. The lowest BCUT2D eigenvalue weighted by atomic mass is 9.73. The second-order valence-electron chi connectivity index (χ2n) is 18.5. The van der Waals surface area contributed by atoms with E-state index in [2.05, 4.69) is 279 Å². The molecule has 0 heterocycles. The van der Waals surface area contributed by atoms with Crippen LogP contribution in [0.1, 0.15) is 23.6 Å². The van der Waals surface area contributed by atoms with E-state index in [4.69, 9.17) is 0 Å². The standard InChI is InChI=1S/C68H47N/c1-68(52-27-9-4-10-28-52)63-36-16-15-32-59(63)61-35-19-37-64(67(61)68)69(54-29-17-26-51(44-54)56-34-18-25-47-20-11-12-30-55(47)56)53-41-38-46(39-42-53)50-40-43-58-57-31-13-14-33-60(57)65(48-21-5-2-6-22-48)66(62(58)45-50)49-23-7-3-8-24-49/h2-45H,1H3. The summed E-state index contributed by atoms with van der Waals surface area (Å²) in [5.41, 5.74) is 19.1. The van der Waals surface area contributed by atoms with E-state index in [0.717, 1.165) is 17.1 Å². The van der Waals surface area contributed by atoms with Gasteiger partial charge in [0.15, 0.2) is 0 Å². The molecule has 13 rings (SSSR count). The largest absolute Gasteiger partial charge is 0.310 e. The Hall–Kier alpha value is -8.78. The highest BCUT2D eigenvalue weighted by molar-refractivity contribution is 6.22. The van der Waals surface area contributed by atoms with Gasteiger partial charge in [0.1, 0.15) is 0 Å². The minimum Gasteiger partial charge on any atom is -0.310 e. The van der Waals surface area contributed by atoms with Crippen LogP contribution in [-0.2, 0) is 5.41 Å². The molecular formula is C68H47N. The first-order chi connectivity index (χ1) is 34.1. The molecule has 0 fully saturated rings. The molecule has 1 unspecified atom stereocenters. The zero-order chi connectivity index (χ0) is 45.9. The molecule has 69 heavy (non-hydrogen) atoms. The molecule has 1 nitrogen and oxygen atoms in total. The van der Waals surface area contributed by atoms with Crippen LogP contribution in [-0.4, -0.2) is 0 Å². The third kappa shape index (κ3) is 6.61. The lowest BCUT2D eigenvalue weighted by Crippen LogP contribution is -2.25. The SMILES string of the molecule is CC1(c2ccccc2)c2ccccc2-c2cccc(N(c3ccc(-c4ccc5c(c4)c(-c4ccccc4)c(-c4ccccc4)c4ccccc45)cc3)c3cccc(-c4cccc5ccccc45)c3)c21. The maximum absolute atomic E-state index is 2.50. The van der Waals surface area contributed by atoms with E-state index in [1.54, 1.807) is 0 Å². The second kappa shape index (κ2) is 16.5. The number of anilines is 3. The second-order valence-corrected chi connectivity index (χ2v) is 18.5. The molecule has 1 atom stereocenters. The fourth-order valence-electron chi connectivity index (χ4n) is 11.5. The van der Waals surface area contributed by atoms with Gasteiger partial charge >= 0.3 is 0 Å². The average molecular weight is 878 g/mol. The maximum atomic E-state index is 2.50. The first kappa shape index (κ1) is 40.5. The van der Waals surface area contributed by atoms with Crippen LogP contribution < -0.4 is 4.90 Å². The molecule has 1 aliphatic carbocycles. The van der Waals surface area contributed by atoms with Crippen molar-refractivity contribution in [3.8, 4) is 55.6 Å². The Bertz CT molecular complexity index is 3890. The zero-order valence-electron chi connectivity index (χ0n) is 38.4. The van der Waals surface area contributed by atoms with Gasteiger partial charge in [-0.3, -0.25) is 0 Å². The molecule has 1 aliphatic rings. The van der Waals surface area contributed by atoms with Crippen LogP contribution in [0.4, 0.5) is 17.1 Å². The zero-order valence-corrected chi connectivity index (χ0v) is 38.4. The molecule has 0 spiro atoms. The predicted molar refractivity (Wildman–Crippen MR) is 293 cm³/mol. The van der Waals surface area contributed by atoms with E-state index in [0.29, 0.717) is 0 Å². The van der Waals surface area contributed by atoms with E-state index < -0.39 is 5.41 Å². The molecule has 12 aromatic carbocycles. The number of hydrogen-bond acceptors (Lipinski definition) is 1. The smallest absolute Gasteiger partial charge is 0.0512 e. The van der Waals surface area contributed by atoms with Crippen molar-refractivity contribution in [3.05, 3.63) is 284 Å². The normalized spacial score (nSPS) is 13.9. The van der Waals surface area contributed by atoms with Gasteiger partial charge in [-0.2, -0.15) is 0 Å². The highest BCUT2D eigenvalue weighted by Crippen LogP contribution is 2.57. The Morgan fingerprint density at radius 3 is 1.61 bits per heavy atom. The number of rotatable bonds is 8. The van der Waals surface area contributed by atoms with Gasteiger partial charge < -0.3 is 4.90 Å². The molecule has 0 aromatic heterocycles. The Labute approximate surface area is 403 Å². The molecule has 0 saturated heterocycles. The summed E-state index contributed by atoms with van der Waals surface area (Å²) in [7, 11) is 0. The topological polar surface area (TPSA) is 3.24 Å². The summed E-state index contributed by atoms with van der Waals surface area (Å²) in [4.78, 5) is 2.50. The van der Waals surface area contributed by atoms with E-state index >= 15 is 0 Å². The van der Waals surface area contributed by atoms with Crippen LogP contribution in [0.15, 0.2) is 267 Å². The fraction of sp³-hybridized carbons (Fsp3) is 0.0294. The van der Waals surface area contributed by atoms with Gasteiger partial charge in [0.2, 0.25) is 0 Å². The van der Waals surface area contributed by atoms with Gasteiger partial charge in [0.05, 0.1) is 5.69 Å². The minimum absolute atomic E-state index is 0.403. The van der Waals surface area contributed by atoms with Crippen molar-refractivity contribution in [2.24, 2.45) is 0 Å². The molecule has 324 valence electrons. The third-order valence-corrected chi connectivity index (χ3v) is 14.7. The molecular weight excluding hydrogens is 831 g/mol. The van der Waals surface area contributed by atoms with Crippen LogP contribution in [0.5, 0.6) is 0 Å². The van der Waals surface area contributed by atoms with Crippen molar-refractivity contribution in [2.45, 2.75) is 12.3 Å². The van der Waals surface area contributed by atoms with Crippen molar-refractivity contribution >= 4 is 49.4 Å². The summed E-state index contributed by atoms with van der Waals surface area (Å²) < 4.78 is 0. The lowest BCUT2D eigenvalue weighted by molar-refractivity contribution is 0.714. The molecule has 0 N–H and O–H groups in total. The van der Waals surface area contributed by atoms with Crippen molar-refractivity contribution in [3.63, 3.8) is 0 Å². The Kier molecular flexibility index (Phi) is 9.70. The minimum atomic E-state index is -0.403. The molecule has 0 bridgehead atoms. The summed E-state index contributed by atoms with van der Waals surface area (Å²) in [6.07, 6.45) is 0. The highest BCUT2D eigenvalue weighted by atomic mass is 15.1. The van der Waals surface area contributed by atoms with Crippen molar-refractivity contribution in [1.29, 1.82) is 0 Å². The predicted octanol–water partition coefficient (Wildman–Crippen LogP) is 18.6. The van der Waals surface area contributed by atoms with Crippen LogP contribution in [0, 0.1) is 0 Å². The third-order valence-electron chi connectivity index (χ3n) is 14.7. The molecule has 0 aliphatic heterocycles. The Balaban J connectivity index is 1.01. The monoisotopic (exact) mass is 877 g/mol.